The van der Waals surface area contributed by atoms with E-state index in [9.17, 15) is 13.0 Å². The Kier molecular flexibility index (Phi) is 6.73. The fourth-order valence-electron chi connectivity index (χ4n) is 1.24. The van der Waals surface area contributed by atoms with Crippen LogP contribution in [0.4, 0.5) is 0 Å². The Labute approximate surface area is 117 Å². The number of hydrogen-bond acceptors (Lipinski definition) is 6. The fourth-order valence-corrected chi connectivity index (χ4v) is 2.12. The van der Waals surface area contributed by atoms with Gasteiger partial charge in [0.15, 0.2) is 0 Å². The van der Waals surface area contributed by atoms with Crippen molar-refractivity contribution in [2.75, 3.05) is 12.3 Å². The van der Waals surface area contributed by atoms with Crippen LogP contribution >= 0.6 is 0 Å². The molecule has 0 aromatic carbocycles. The van der Waals surface area contributed by atoms with Gasteiger partial charge in [0.2, 0.25) is 0 Å². The topological polar surface area (TPSA) is 86.0 Å². The summed E-state index contributed by atoms with van der Waals surface area (Å²) < 4.78 is 31.3. The zero-order chi connectivity index (χ0) is 10.8. The first-order valence-corrected chi connectivity index (χ1v) is 6.19. The SMILES string of the molecule is CC1C=NNC([S-])[NH+]1CCS(=O)(=O)[O-].[Na+]. The molecule has 0 spiro atoms. The zero-order valence-corrected chi connectivity index (χ0v) is 12.3. The maximum atomic E-state index is 10.4. The molecule has 2 N–H and O–H groups in total. The van der Waals surface area contributed by atoms with Gasteiger partial charge in [0.25, 0.3) is 0 Å². The molecule has 15 heavy (non-hydrogen) atoms. The van der Waals surface area contributed by atoms with Crippen molar-refractivity contribution >= 4 is 29.0 Å². The minimum Gasteiger partial charge on any atom is -0.748 e. The van der Waals surface area contributed by atoms with E-state index in [-0.39, 0.29) is 47.6 Å². The summed E-state index contributed by atoms with van der Waals surface area (Å²) in [6, 6.07) is 0.0282. The van der Waals surface area contributed by atoms with Crippen molar-refractivity contribution in [3.8, 4) is 0 Å². The van der Waals surface area contributed by atoms with Gasteiger partial charge in [0.1, 0.15) is 16.2 Å². The molecule has 0 aromatic rings. The number of rotatable bonds is 3. The summed E-state index contributed by atoms with van der Waals surface area (Å²) in [7, 11) is -4.16. The monoisotopic (exact) mass is 261 g/mol. The van der Waals surface area contributed by atoms with E-state index >= 15 is 0 Å². The van der Waals surface area contributed by atoms with Crippen molar-refractivity contribution in [2.45, 2.75) is 18.5 Å². The van der Waals surface area contributed by atoms with Crippen LogP contribution in [0, 0.1) is 0 Å². The van der Waals surface area contributed by atoms with E-state index in [1.165, 1.54) is 0 Å². The summed E-state index contributed by atoms with van der Waals surface area (Å²) in [5.41, 5.74) is 2.27. The second-order valence-corrected chi connectivity index (χ2v) is 5.16. The average molecular weight is 261 g/mol. The van der Waals surface area contributed by atoms with E-state index in [1.807, 2.05) is 6.92 Å². The molecule has 0 saturated carbocycles. The summed E-state index contributed by atoms with van der Waals surface area (Å²) in [6.07, 6.45) is 1.65. The molecule has 1 aliphatic rings. The molecule has 3 atom stereocenters. The van der Waals surface area contributed by atoms with Gasteiger partial charge in [-0.15, -0.1) is 0 Å². The molecule has 1 heterocycles. The van der Waals surface area contributed by atoms with Gasteiger partial charge in [-0.25, -0.2) is 8.42 Å². The van der Waals surface area contributed by atoms with Gasteiger partial charge in [-0.2, -0.15) is 5.10 Å². The predicted molar refractivity (Wildman–Crippen MR) is 52.6 cm³/mol. The second-order valence-electron chi connectivity index (χ2n) is 3.16. The Bertz CT molecular complexity index is 322. The van der Waals surface area contributed by atoms with Crippen molar-refractivity contribution in [2.24, 2.45) is 5.10 Å². The molecule has 0 amide bonds. The van der Waals surface area contributed by atoms with E-state index < -0.39 is 15.9 Å². The third-order valence-electron chi connectivity index (χ3n) is 2.05. The number of nitrogens with zero attached hydrogens (tertiary/aromatic N) is 1. The molecule has 6 nitrogen and oxygen atoms in total. The first-order chi connectivity index (χ1) is 6.40. The third-order valence-corrected chi connectivity index (χ3v) is 3.16. The molecular weight excluding hydrogens is 249 g/mol. The number of quaternary nitrogens is 1. The molecule has 1 rings (SSSR count). The Hall–Kier alpha value is 0.690. The number of nitrogens with one attached hydrogen (secondary N) is 2. The minimum absolute atomic E-state index is 0. The molecule has 0 saturated heterocycles. The molecule has 0 aliphatic carbocycles. The van der Waals surface area contributed by atoms with Crippen molar-refractivity contribution in [3.63, 3.8) is 0 Å². The standard InChI is InChI=1S/C6H13N3O3S2.Na/c1-5-4-7-8-6(13)9(5)2-3-14(10,11)12;/h4-6,8,13H,2-3H2,1H3,(H,10,11,12);/q;+1/p-1. The Morgan fingerprint density at radius 1 is 1.67 bits per heavy atom. The maximum Gasteiger partial charge on any atom is 1.00 e. The number of hydrogen-bond donors (Lipinski definition) is 2. The van der Waals surface area contributed by atoms with Crippen LogP contribution in [-0.4, -0.2) is 43.0 Å². The average Bonchev–Trinajstić information content (AvgIpc) is 2.01. The molecule has 0 radical (unpaired) electrons. The van der Waals surface area contributed by atoms with Crippen LogP contribution in [0.5, 0.6) is 0 Å². The van der Waals surface area contributed by atoms with E-state index in [4.69, 9.17) is 12.6 Å². The van der Waals surface area contributed by atoms with Gasteiger partial charge in [-0.3, -0.25) is 5.43 Å². The quantitative estimate of drug-likeness (QED) is 0.300. The summed E-state index contributed by atoms with van der Waals surface area (Å²) >= 11 is 5.02. The first kappa shape index (κ1) is 15.7. The molecule has 1 aliphatic heterocycles. The minimum atomic E-state index is -4.16. The van der Waals surface area contributed by atoms with Gasteiger partial charge >= 0.3 is 29.6 Å². The van der Waals surface area contributed by atoms with E-state index in [2.05, 4.69) is 10.5 Å². The van der Waals surface area contributed by atoms with E-state index in [1.54, 1.807) is 6.21 Å². The van der Waals surface area contributed by atoms with Crippen LogP contribution in [0.3, 0.4) is 0 Å². The van der Waals surface area contributed by atoms with Crippen molar-refractivity contribution in [3.05, 3.63) is 0 Å². The van der Waals surface area contributed by atoms with Crippen LogP contribution in [0.2, 0.25) is 0 Å². The Morgan fingerprint density at radius 3 is 2.73 bits per heavy atom. The van der Waals surface area contributed by atoms with Gasteiger partial charge in [0.05, 0.1) is 24.0 Å². The maximum absolute atomic E-state index is 10.4. The summed E-state index contributed by atoms with van der Waals surface area (Å²) in [5, 5.41) is 3.81. The predicted octanol–water partition coefficient (Wildman–Crippen LogP) is -5.77. The van der Waals surface area contributed by atoms with Crippen LogP contribution < -0.4 is 39.9 Å². The van der Waals surface area contributed by atoms with Gasteiger partial charge in [-0.05, 0) is 6.92 Å². The molecule has 0 fully saturated rings. The van der Waals surface area contributed by atoms with Crippen molar-refractivity contribution < 1.29 is 47.4 Å². The number of hydrazone groups is 1. The van der Waals surface area contributed by atoms with Gasteiger partial charge < -0.3 is 22.1 Å². The summed E-state index contributed by atoms with van der Waals surface area (Å²) in [6.45, 7) is 2.08. The molecule has 9 heteroatoms. The largest absolute Gasteiger partial charge is 1.00 e. The molecule has 82 valence electrons. The van der Waals surface area contributed by atoms with Crippen LogP contribution in [0.25, 0.3) is 0 Å². The van der Waals surface area contributed by atoms with Gasteiger partial charge in [-0.1, -0.05) is 0 Å². The molecule has 0 aromatic heterocycles. The summed E-state index contributed by atoms with van der Waals surface area (Å²) in [5.74, 6) is -0.394. The zero-order valence-electron chi connectivity index (χ0n) is 8.63. The third kappa shape index (κ3) is 5.53. The molecule has 0 bridgehead atoms. The molecule has 3 unspecified atom stereocenters. The van der Waals surface area contributed by atoms with E-state index in [0.717, 1.165) is 4.90 Å². The van der Waals surface area contributed by atoms with E-state index in [0.29, 0.717) is 0 Å². The van der Waals surface area contributed by atoms with Crippen LogP contribution in [0.1, 0.15) is 6.92 Å². The summed E-state index contributed by atoms with van der Waals surface area (Å²) in [4.78, 5) is 0.828. The smallest absolute Gasteiger partial charge is 0.748 e. The second kappa shape index (κ2) is 6.43. The normalized spacial score (nSPS) is 30.5. The van der Waals surface area contributed by atoms with Crippen molar-refractivity contribution in [1.29, 1.82) is 0 Å². The van der Waals surface area contributed by atoms with Gasteiger partial charge in [0, 0.05) is 0 Å². The molecular formula is C6H12N3NaO3S2. The Balaban J connectivity index is 0.00000196. The Morgan fingerprint density at radius 2 is 2.27 bits per heavy atom. The fraction of sp³-hybridized carbons (Fsp3) is 0.833. The van der Waals surface area contributed by atoms with Crippen LogP contribution in [-0.2, 0) is 22.7 Å². The first-order valence-electron chi connectivity index (χ1n) is 4.14. The van der Waals surface area contributed by atoms with Crippen molar-refractivity contribution in [1.82, 2.24) is 5.43 Å². The van der Waals surface area contributed by atoms with Crippen LogP contribution in [0.15, 0.2) is 5.10 Å².